The number of ether oxygens (including phenoxy) is 2. The van der Waals surface area contributed by atoms with Gasteiger partial charge in [-0.1, -0.05) is 0 Å². The van der Waals surface area contributed by atoms with Gasteiger partial charge in [0.15, 0.2) is 0 Å². The van der Waals surface area contributed by atoms with Crippen molar-refractivity contribution in [1.29, 1.82) is 0 Å². The molecule has 0 saturated heterocycles. The Labute approximate surface area is 125 Å². The first kappa shape index (κ1) is 15.6. The molecule has 1 saturated carbocycles. The van der Waals surface area contributed by atoms with Crippen molar-refractivity contribution in [3.05, 3.63) is 23.8 Å². The summed E-state index contributed by atoms with van der Waals surface area (Å²) in [6, 6.07) is 5.13. The molecule has 21 heavy (non-hydrogen) atoms. The number of methoxy groups -OCH3 is 2. The standard InChI is InChI=1S/C16H23NO4/c1-20-14-7-12(8-15(9-14)21-2)16(19)17-10-11-3-5-13(18)6-4-11/h7-9,11,13,18H,3-6,10H2,1-2H3,(H,17,19). The van der Waals surface area contributed by atoms with Crippen LogP contribution in [0.5, 0.6) is 11.5 Å². The van der Waals surface area contributed by atoms with Gasteiger partial charge >= 0.3 is 0 Å². The van der Waals surface area contributed by atoms with Gasteiger partial charge in [0.05, 0.1) is 20.3 Å². The first-order valence-corrected chi connectivity index (χ1v) is 7.31. The van der Waals surface area contributed by atoms with E-state index in [0.29, 0.717) is 29.5 Å². The summed E-state index contributed by atoms with van der Waals surface area (Å²) in [5.41, 5.74) is 0.530. The Hall–Kier alpha value is -1.75. The summed E-state index contributed by atoms with van der Waals surface area (Å²) >= 11 is 0. The first-order chi connectivity index (χ1) is 10.1. The number of hydrogen-bond acceptors (Lipinski definition) is 4. The molecule has 0 aliphatic heterocycles. The van der Waals surface area contributed by atoms with Crippen molar-refractivity contribution < 1.29 is 19.4 Å². The molecule has 1 aliphatic rings. The molecule has 0 spiro atoms. The SMILES string of the molecule is COc1cc(OC)cc(C(=O)NCC2CCC(O)CC2)c1. The monoisotopic (exact) mass is 293 g/mol. The summed E-state index contributed by atoms with van der Waals surface area (Å²) in [6.07, 6.45) is 3.41. The highest BCUT2D eigenvalue weighted by Crippen LogP contribution is 2.24. The van der Waals surface area contributed by atoms with E-state index >= 15 is 0 Å². The van der Waals surface area contributed by atoms with Crippen LogP contribution in [0.15, 0.2) is 18.2 Å². The molecular weight excluding hydrogens is 270 g/mol. The fraction of sp³-hybridized carbons (Fsp3) is 0.562. The van der Waals surface area contributed by atoms with E-state index in [1.165, 1.54) is 0 Å². The molecule has 0 aromatic heterocycles. The number of carbonyl (C=O) groups excluding carboxylic acids is 1. The van der Waals surface area contributed by atoms with Crippen LogP contribution in [0.2, 0.25) is 0 Å². The van der Waals surface area contributed by atoms with Gasteiger partial charge in [0, 0.05) is 18.2 Å². The molecule has 1 amide bonds. The molecule has 0 bridgehead atoms. The summed E-state index contributed by atoms with van der Waals surface area (Å²) in [6.45, 7) is 0.644. The van der Waals surface area contributed by atoms with Crippen molar-refractivity contribution in [1.82, 2.24) is 5.32 Å². The lowest BCUT2D eigenvalue weighted by Crippen LogP contribution is -2.32. The molecule has 0 radical (unpaired) electrons. The molecule has 0 unspecified atom stereocenters. The average Bonchev–Trinajstić information content (AvgIpc) is 2.53. The lowest BCUT2D eigenvalue weighted by atomic mass is 9.87. The summed E-state index contributed by atoms with van der Waals surface area (Å²) in [4.78, 5) is 12.2. The van der Waals surface area contributed by atoms with Crippen molar-refractivity contribution in [3.63, 3.8) is 0 Å². The fourth-order valence-electron chi connectivity index (χ4n) is 2.63. The maximum absolute atomic E-state index is 12.2. The molecule has 0 atom stereocenters. The number of hydrogen-bond donors (Lipinski definition) is 2. The average molecular weight is 293 g/mol. The predicted octanol–water partition coefficient (Wildman–Crippen LogP) is 1.98. The molecule has 1 aliphatic carbocycles. The molecule has 0 heterocycles. The summed E-state index contributed by atoms with van der Waals surface area (Å²) in [5, 5.41) is 12.4. The topological polar surface area (TPSA) is 67.8 Å². The minimum Gasteiger partial charge on any atom is -0.497 e. The van der Waals surface area contributed by atoms with Gasteiger partial charge in [-0.3, -0.25) is 4.79 Å². The van der Waals surface area contributed by atoms with E-state index in [1.54, 1.807) is 32.4 Å². The normalized spacial score (nSPS) is 21.7. The van der Waals surface area contributed by atoms with Crippen LogP contribution < -0.4 is 14.8 Å². The van der Waals surface area contributed by atoms with Crippen molar-refractivity contribution in [3.8, 4) is 11.5 Å². The lowest BCUT2D eigenvalue weighted by molar-refractivity contribution is 0.0909. The van der Waals surface area contributed by atoms with Gasteiger partial charge in [-0.15, -0.1) is 0 Å². The molecule has 1 aromatic rings. The minimum atomic E-state index is -0.167. The van der Waals surface area contributed by atoms with E-state index in [0.717, 1.165) is 25.7 Å². The second-order valence-electron chi connectivity index (χ2n) is 5.49. The number of carbonyl (C=O) groups is 1. The second kappa shape index (κ2) is 7.31. The third-order valence-electron chi connectivity index (χ3n) is 3.98. The molecule has 5 nitrogen and oxygen atoms in total. The number of aliphatic hydroxyl groups excluding tert-OH is 1. The molecule has 2 N–H and O–H groups in total. The van der Waals surface area contributed by atoms with Crippen LogP contribution >= 0.6 is 0 Å². The third-order valence-corrected chi connectivity index (χ3v) is 3.98. The van der Waals surface area contributed by atoms with Crippen molar-refractivity contribution in [2.75, 3.05) is 20.8 Å². The second-order valence-corrected chi connectivity index (χ2v) is 5.49. The minimum absolute atomic E-state index is 0.127. The first-order valence-electron chi connectivity index (χ1n) is 7.31. The zero-order chi connectivity index (χ0) is 15.2. The highest BCUT2D eigenvalue weighted by Gasteiger charge is 2.20. The van der Waals surface area contributed by atoms with Crippen LogP contribution in [0.4, 0.5) is 0 Å². The Balaban J connectivity index is 1.93. The van der Waals surface area contributed by atoms with E-state index in [-0.39, 0.29) is 12.0 Å². The highest BCUT2D eigenvalue weighted by atomic mass is 16.5. The quantitative estimate of drug-likeness (QED) is 0.871. The highest BCUT2D eigenvalue weighted by molar-refractivity contribution is 5.95. The Morgan fingerprint density at radius 3 is 2.24 bits per heavy atom. The van der Waals surface area contributed by atoms with Crippen molar-refractivity contribution in [2.24, 2.45) is 5.92 Å². The maximum Gasteiger partial charge on any atom is 0.251 e. The summed E-state index contributed by atoms with van der Waals surface area (Å²) < 4.78 is 10.3. The smallest absolute Gasteiger partial charge is 0.251 e. The fourth-order valence-corrected chi connectivity index (χ4v) is 2.63. The molecule has 5 heteroatoms. The van der Waals surface area contributed by atoms with Gasteiger partial charge in [0.2, 0.25) is 0 Å². The van der Waals surface area contributed by atoms with Crippen molar-refractivity contribution in [2.45, 2.75) is 31.8 Å². The Bertz CT molecular complexity index is 459. The zero-order valence-electron chi connectivity index (χ0n) is 12.6. The van der Waals surface area contributed by atoms with Crippen LogP contribution in [0.1, 0.15) is 36.0 Å². The Morgan fingerprint density at radius 2 is 1.71 bits per heavy atom. The molecule has 2 rings (SSSR count). The zero-order valence-corrected chi connectivity index (χ0v) is 12.6. The summed E-state index contributed by atoms with van der Waals surface area (Å²) in [5.74, 6) is 1.52. The van der Waals surface area contributed by atoms with Crippen LogP contribution in [-0.4, -0.2) is 37.9 Å². The molecule has 1 aromatic carbocycles. The number of nitrogens with one attached hydrogen (secondary N) is 1. The van der Waals surface area contributed by atoms with Gasteiger partial charge in [0.1, 0.15) is 11.5 Å². The number of rotatable bonds is 5. The number of aliphatic hydroxyl groups is 1. The van der Waals surface area contributed by atoms with Gasteiger partial charge < -0.3 is 19.9 Å². The van der Waals surface area contributed by atoms with Crippen LogP contribution in [0.25, 0.3) is 0 Å². The Kier molecular flexibility index (Phi) is 5.44. The lowest BCUT2D eigenvalue weighted by Gasteiger charge is -2.25. The van der Waals surface area contributed by atoms with Crippen LogP contribution in [-0.2, 0) is 0 Å². The van der Waals surface area contributed by atoms with E-state index in [4.69, 9.17) is 9.47 Å². The van der Waals surface area contributed by atoms with E-state index in [1.807, 2.05) is 0 Å². The molecule has 1 fully saturated rings. The van der Waals surface area contributed by atoms with Gasteiger partial charge in [0.25, 0.3) is 5.91 Å². The molecular formula is C16H23NO4. The summed E-state index contributed by atoms with van der Waals surface area (Å²) in [7, 11) is 3.12. The largest absolute Gasteiger partial charge is 0.497 e. The molecule has 116 valence electrons. The maximum atomic E-state index is 12.2. The van der Waals surface area contributed by atoms with Crippen molar-refractivity contribution >= 4 is 5.91 Å². The van der Waals surface area contributed by atoms with Crippen LogP contribution in [0, 0.1) is 5.92 Å². The number of benzene rings is 1. The number of amides is 1. The van der Waals surface area contributed by atoms with Crippen LogP contribution in [0.3, 0.4) is 0 Å². The van der Waals surface area contributed by atoms with E-state index < -0.39 is 0 Å². The van der Waals surface area contributed by atoms with Gasteiger partial charge in [-0.2, -0.15) is 0 Å². The van der Waals surface area contributed by atoms with E-state index in [9.17, 15) is 9.90 Å². The Morgan fingerprint density at radius 1 is 1.14 bits per heavy atom. The third kappa shape index (κ3) is 4.36. The van der Waals surface area contributed by atoms with Gasteiger partial charge in [-0.25, -0.2) is 0 Å². The predicted molar refractivity (Wildman–Crippen MR) is 79.8 cm³/mol. The van der Waals surface area contributed by atoms with E-state index in [2.05, 4.69) is 5.32 Å². The van der Waals surface area contributed by atoms with Gasteiger partial charge in [-0.05, 0) is 43.7 Å².